The summed E-state index contributed by atoms with van der Waals surface area (Å²) in [5, 5.41) is 0. The van der Waals surface area contributed by atoms with Crippen LogP contribution in [0.4, 0.5) is 4.39 Å². The Morgan fingerprint density at radius 1 is 0.667 bits per heavy atom. The van der Waals surface area contributed by atoms with Gasteiger partial charge in [-0.1, -0.05) is 101 Å². The molecule has 2 aromatic rings. The van der Waals surface area contributed by atoms with Gasteiger partial charge in [-0.05, 0) is 24.6 Å². The Morgan fingerprint density at radius 3 is 1.73 bits per heavy atom. The summed E-state index contributed by atoms with van der Waals surface area (Å²) in [5.41, 5.74) is 0.569. The molecule has 180 valence electrons. The van der Waals surface area contributed by atoms with Gasteiger partial charge in [-0.2, -0.15) is 0 Å². The SMILES string of the molecule is CCCCCCCCCCCCCOC(=O)c1ccccc1C(=O)OCc1ccccc1F. The molecule has 0 radical (unpaired) electrons. The minimum absolute atomic E-state index is 0.123. The molecule has 0 amide bonds. The highest BCUT2D eigenvalue weighted by Crippen LogP contribution is 2.15. The van der Waals surface area contributed by atoms with Gasteiger partial charge < -0.3 is 9.47 Å². The van der Waals surface area contributed by atoms with E-state index in [-0.39, 0.29) is 23.3 Å². The monoisotopic (exact) mass is 456 g/mol. The predicted octanol–water partition coefficient (Wildman–Crippen LogP) is 7.65. The highest BCUT2D eigenvalue weighted by molar-refractivity contribution is 6.03. The van der Waals surface area contributed by atoms with Crippen molar-refractivity contribution in [2.75, 3.05) is 6.61 Å². The summed E-state index contributed by atoms with van der Waals surface area (Å²) in [4.78, 5) is 25.0. The van der Waals surface area contributed by atoms with E-state index in [0.717, 1.165) is 19.3 Å². The van der Waals surface area contributed by atoms with Gasteiger partial charge in [0.25, 0.3) is 0 Å². The fraction of sp³-hybridized carbons (Fsp3) is 0.500. The molecule has 0 fully saturated rings. The van der Waals surface area contributed by atoms with Gasteiger partial charge >= 0.3 is 11.9 Å². The van der Waals surface area contributed by atoms with Crippen molar-refractivity contribution >= 4 is 11.9 Å². The maximum atomic E-state index is 13.7. The van der Waals surface area contributed by atoms with E-state index < -0.39 is 17.8 Å². The number of unbranched alkanes of at least 4 members (excludes halogenated alkanes) is 10. The van der Waals surface area contributed by atoms with E-state index in [9.17, 15) is 14.0 Å². The lowest BCUT2D eigenvalue weighted by Crippen LogP contribution is -2.14. The van der Waals surface area contributed by atoms with Crippen LogP contribution in [-0.4, -0.2) is 18.5 Å². The summed E-state index contributed by atoms with van der Waals surface area (Å²) in [6.45, 7) is 2.36. The molecule has 0 aliphatic rings. The first-order valence-corrected chi connectivity index (χ1v) is 12.3. The third-order valence-corrected chi connectivity index (χ3v) is 5.66. The van der Waals surface area contributed by atoms with Gasteiger partial charge in [-0.25, -0.2) is 14.0 Å². The van der Waals surface area contributed by atoms with Crippen LogP contribution in [0.25, 0.3) is 0 Å². The molecule has 0 bridgehead atoms. The number of carbonyl (C=O) groups excluding carboxylic acids is 2. The van der Waals surface area contributed by atoms with Crippen molar-refractivity contribution in [1.82, 2.24) is 0 Å². The van der Waals surface area contributed by atoms with E-state index in [1.807, 2.05) is 0 Å². The Morgan fingerprint density at radius 2 is 1.15 bits per heavy atom. The number of benzene rings is 2. The highest BCUT2D eigenvalue weighted by Gasteiger charge is 2.19. The van der Waals surface area contributed by atoms with Gasteiger partial charge in [-0.3, -0.25) is 0 Å². The molecule has 0 aliphatic heterocycles. The lowest BCUT2D eigenvalue weighted by molar-refractivity contribution is 0.0433. The predicted molar refractivity (Wildman–Crippen MR) is 129 cm³/mol. The summed E-state index contributed by atoms with van der Waals surface area (Å²) in [6.07, 6.45) is 13.4. The summed E-state index contributed by atoms with van der Waals surface area (Å²) < 4.78 is 24.3. The molecule has 0 N–H and O–H groups in total. The molecule has 0 saturated heterocycles. The van der Waals surface area contributed by atoms with Gasteiger partial charge in [-0.15, -0.1) is 0 Å². The standard InChI is InChI=1S/C28H37FO4/c1-2-3-4-5-6-7-8-9-10-11-16-21-32-27(30)24-18-13-14-19-25(24)28(31)33-22-23-17-12-15-20-26(23)29/h12-15,17-20H,2-11,16,21-22H2,1H3. The molecular formula is C28H37FO4. The maximum absolute atomic E-state index is 13.7. The summed E-state index contributed by atoms with van der Waals surface area (Å²) >= 11 is 0. The zero-order valence-electron chi connectivity index (χ0n) is 19.8. The molecule has 5 heteroatoms. The first-order chi connectivity index (χ1) is 16.1. The van der Waals surface area contributed by atoms with Crippen LogP contribution in [0.2, 0.25) is 0 Å². The molecule has 0 unspecified atom stereocenters. The first-order valence-electron chi connectivity index (χ1n) is 12.3. The van der Waals surface area contributed by atoms with E-state index in [2.05, 4.69) is 6.92 Å². The molecule has 2 aromatic carbocycles. The molecule has 33 heavy (non-hydrogen) atoms. The Hall–Kier alpha value is -2.69. The number of carbonyl (C=O) groups is 2. The van der Waals surface area contributed by atoms with Crippen LogP contribution >= 0.6 is 0 Å². The minimum Gasteiger partial charge on any atom is -0.462 e. The molecule has 2 rings (SSSR count). The zero-order chi connectivity index (χ0) is 23.7. The zero-order valence-corrected chi connectivity index (χ0v) is 19.8. The Kier molecular flexibility index (Phi) is 12.9. The van der Waals surface area contributed by atoms with Crippen molar-refractivity contribution in [3.8, 4) is 0 Å². The van der Waals surface area contributed by atoms with Crippen LogP contribution in [0.15, 0.2) is 48.5 Å². The number of ether oxygens (including phenoxy) is 2. The van der Waals surface area contributed by atoms with Crippen molar-refractivity contribution in [2.24, 2.45) is 0 Å². The molecule has 0 atom stereocenters. The minimum atomic E-state index is -0.680. The summed E-state index contributed by atoms with van der Waals surface area (Å²) in [7, 11) is 0. The number of hydrogen-bond acceptors (Lipinski definition) is 4. The quantitative estimate of drug-likeness (QED) is 0.192. The fourth-order valence-electron chi connectivity index (χ4n) is 3.68. The first kappa shape index (κ1) is 26.6. The van der Waals surface area contributed by atoms with Crippen LogP contribution in [0.1, 0.15) is 104 Å². The van der Waals surface area contributed by atoms with Crippen LogP contribution in [-0.2, 0) is 16.1 Å². The van der Waals surface area contributed by atoms with Crippen molar-refractivity contribution in [3.05, 3.63) is 71.0 Å². The molecule has 0 heterocycles. The molecule has 0 aromatic heterocycles. The second-order valence-electron chi connectivity index (χ2n) is 8.38. The summed E-state index contributed by atoms with van der Waals surface area (Å²) in [6, 6.07) is 12.5. The molecule has 4 nitrogen and oxygen atoms in total. The van der Waals surface area contributed by atoms with Gasteiger partial charge in [0.05, 0.1) is 17.7 Å². The van der Waals surface area contributed by atoms with Gasteiger partial charge in [0.1, 0.15) is 12.4 Å². The van der Waals surface area contributed by atoms with E-state index in [1.165, 1.54) is 63.5 Å². The maximum Gasteiger partial charge on any atom is 0.339 e. The average molecular weight is 457 g/mol. The lowest BCUT2D eigenvalue weighted by atomic mass is 10.1. The number of esters is 2. The molecule has 0 aliphatic carbocycles. The van der Waals surface area contributed by atoms with Gasteiger partial charge in [0.2, 0.25) is 0 Å². The third kappa shape index (κ3) is 10.2. The van der Waals surface area contributed by atoms with Crippen molar-refractivity contribution < 1.29 is 23.5 Å². The van der Waals surface area contributed by atoms with Crippen LogP contribution in [0.3, 0.4) is 0 Å². The van der Waals surface area contributed by atoms with Crippen molar-refractivity contribution in [3.63, 3.8) is 0 Å². The normalized spacial score (nSPS) is 10.7. The third-order valence-electron chi connectivity index (χ3n) is 5.66. The molecular weight excluding hydrogens is 419 g/mol. The molecule has 0 spiro atoms. The van der Waals surface area contributed by atoms with E-state index >= 15 is 0 Å². The lowest BCUT2D eigenvalue weighted by Gasteiger charge is -2.10. The Bertz CT molecular complexity index is 849. The van der Waals surface area contributed by atoms with Gasteiger partial charge in [0, 0.05) is 5.56 Å². The second-order valence-corrected chi connectivity index (χ2v) is 8.38. The van der Waals surface area contributed by atoms with Gasteiger partial charge in [0.15, 0.2) is 0 Å². The number of rotatable bonds is 16. The highest BCUT2D eigenvalue weighted by atomic mass is 19.1. The average Bonchev–Trinajstić information content (AvgIpc) is 2.84. The van der Waals surface area contributed by atoms with E-state index in [1.54, 1.807) is 36.4 Å². The van der Waals surface area contributed by atoms with E-state index in [0.29, 0.717) is 6.61 Å². The van der Waals surface area contributed by atoms with E-state index in [4.69, 9.17) is 9.47 Å². The van der Waals surface area contributed by atoms with Crippen LogP contribution in [0.5, 0.6) is 0 Å². The second kappa shape index (κ2) is 16.0. The number of halogens is 1. The van der Waals surface area contributed by atoms with Crippen LogP contribution in [0, 0.1) is 5.82 Å². The Labute approximate surface area is 197 Å². The fourth-order valence-corrected chi connectivity index (χ4v) is 3.68. The van der Waals surface area contributed by atoms with Crippen LogP contribution < -0.4 is 0 Å². The van der Waals surface area contributed by atoms with Crippen molar-refractivity contribution in [1.29, 1.82) is 0 Å². The largest absolute Gasteiger partial charge is 0.462 e. The summed E-state index contributed by atoms with van der Waals surface area (Å²) in [5.74, 6) is -1.66. The smallest absolute Gasteiger partial charge is 0.339 e. The molecule has 0 saturated carbocycles. The number of hydrogen-bond donors (Lipinski definition) is 0. The Balaban J connectivity index is 1.66. The topological polar surface area (TPSA) is 52.6 Å². The van der Waals surface area contributed by atoms with Crippen molar-refractivity contribution in [2.45, 2.75) is 84.2 Å².